The van der Waals surface area contributed by atoms with E-state index < -0.39 is 0 Å². The summed E-state index contributed by atoms with van der Waals surface area (Å²) in [6.45, 7) is 6.58. The van der Waals surface area contributed by atoms with Crippen molar-refractivity contribution in [2.45, 2.75) is 20.8 Å². The second-order valence-electron chi connectivity index (χ2n) is 3.02. The van der Waals surface area contributed by atoms with Gasteiger partial charge in [-0.1, -0.05) is 12.2 Å². The molecular weight excluding hydrogens is 152 g/mol. The van der Waals surface area contributed by atoms with Crippen molar-refractivity contribution in [2.75, 3.05) is 0 Å². The van der Waals surface area contributed by atoms with Gasteiger partial charge < -0.3 is 0 Å². The van der Waals surface area contributed by atoms with Gasteiger partial charge in [0.25, 0.3) is 0 Å². The van der Waals surface area contributed by atoms with Crippen LogP contribution in [0, 0.1) is 5.25 Å². The van der Waals surface area contributed by atoms with Crippen molar-refractivity contribution in [3.63, 3.8) is 0 Å². The average Bonchev–Trinajstić information content (AvgIpc) is 2.41. The van der Waals surface area contributed by atoms with Crippen LogP contribution in [0.2, 0.25) is 0 Å². The predicted molar refractivity (Wildman–Crippen MR) is 51.0 cm³/mol. The highest BCUT2D eigenvalue weighted by Gasteiger charge is 2.27. The first kappa shape index (κ1) is 7.23. The lowest BCUT2D eigenvalue weighted by Gasteiger charge is -2.01. The molecule has 0 aromatic rings. The first-order valence-electron chi connectivity index (χ1n) is 3.82. The molecule has 0 aromatic heterocycles. The molecule has 1 aliphatic heterocycles. The minimum atomic E-state index is 1.42. The van der Waals surface area contributed by atoms with Gasteiger partial charge in [-0.3, -0.25) is 0 Å². The molecule has 0 atom stereocenters. The summed E-state index contributed by atoms with van der Waals surface area (Å²) in [4.78, 5) is 1.46. The highest BCUT2D eigenvalue weighted by molar-refractivity contribution is 8.06. The van der Waals surface area contributed by atoms with Gasteiger partial charge in [-0.15, -0.1) is 11.8 Å². The number of allylic oxidation sites excluding steroid dienone is 5. The number of hydrogen-bond donors (Lipinski definition) is 0. The van der Waals surface area contributed by atoms with E-state index in [-0.39, 0.29) is 0 Å². The van der Waals surface area contributed by atoms with E-state index in [1.807, 2.05) is 11.8 Å². The maximum Gasteiger partial charge on any atom is 0.0618 e. The predicted octanol–water partition coefficient (Wildman–Crippen LogP) is 3.45. The summed E-state index contributed by atoms with van der Waals surface area (Å²) in [5.74, 6) is 0. The van der Waals surface area contributed by atoms with E-state index in [1.54, 1.807) is 0 Å². The zero-order chi connectivity index (χ0) is 8.01. The quantitative estimate of drug-likeness (QED) is 0.527. The zero-order valence-corrected chi connectivity index (χ0v) is 7.88. The van der Waals surface area contributed by atoms with Crippen molar-refractivity contribution in [3.05, 3.63) is 39.0 Å². The average molecular weight is 163 g/mol. The summed E-state index contributed by atoms with van der Waals surface area (Å²) >= 11 is 1.90. The summed E-state index contributed by atoms with van der Waals surface area (Å²) in [5.41, 5.74) is 4.35. The molecular formula is C10H11S. The van der Waals surface area contributed by atoms with Crippen molar-refractivity contribution in [1.29, 1.82) is 0 Å². The van der Waals surface area contributed by atoms with Crippen LogP contribution in [0.3, 0.4) is 0 Å². The minimum Gasteiger partial charge on any atom is -0.117 e. The molecule has 1 heterocycles. The molecule has 2 aliphatic rings. The maximum absolute atomic E-state index is 2.23. The van der Waals surface area contributed by atoms with E-state index in [0.29, 0.717) is 0 Å². The SMILES string of the molecule is C[C]1SC(C)=C2C(C)=CC=C12. The Morgan fingerprint density at radius 2 is 1.82 bits per heavy atom. The van der Waals surface area contributed by atoms with Crippen LogP contribution in [-0.4, -0.2) is 0 Å². The smallest absolute Gasteiger partial charge is 0.0618 e. The number of rotatable bonds is 0. The molecule has 1 radical (unpaired) electrons. The molecule has 2 rings (SSSR count). The largest absolute Gasteiger partial charge is 0.117 e. The van der Waals surface area contributed by atoms with Gasteiger partial charge in [0.05, 0.1) is 5.25 Å². The van der Waals surface area contributed by atoms with E-state index in [1.165, 1.54) is 26.9 Å². The molecule has 0 amide bonds. The molecule has 0 aromatic carbocycles. The van der Waals surface area contributed by atoms with E-state index in [0.717, 1.165) is 0 Å². The van der Waals surface area contributed by atoms with Gasteiger partial charge in [-0.2, -0.15) is 0 Å². The van der Waals surface area contributed by atoms with Gasteiger partial charge in [0.15, 0.2) is 0 Å². The van der Waals surface area contributed by atoms with E-state index >= 15 is 0 Å². The van der Waals surface area contributed by atoms with Crippen molar-refractivity contribution < 1.29 is 0 Å². The molecule has 0 N–H and O–H groups in total. The molecule has 0 unspecified atom stereocenters. The fourth-order valence-corrected chi connectivity index (χ4v) is 2.80. The first-order valence-corrected chi connectivity index (χ1v) is 4.64. The Morgan fingerprint density at radius 1 is 1.09 bits per heavy atom. The number of fused-ring (bicyclic) bond motifs is 1. The monoisotopic (exact) mass is 163 g/mol. The molecule has 0 fully saturated rings. The van der Waals surface area contributed by atoms with Crippen LogP contribution >= 0.6 is 11.8 Å². The van der Waals surface area contributed by atoms with Crippen LogP contribution in [0.4, 0.5) is 0 Å². The van der Waals surface area contributed by atoms with Gasteiger partial charge in [-0.25, -0.2) is 0 Å². The fraction of sp³-hybridized carbons (Fsp3) is 0.300. The zero-order valence-electron chi connectivity index (χ0n) is 7.06. The van der Waals surface area contributed by atoms with E-state index in [4.69, 9.17) is 0 Å². The normalized spacial score (nSPS) is 23.9. The van der Waals surface area contributed by atoms with Gasteiger partial charge in [0.2, 0.25) is 0 Å². The van der Waals surface area contributed by atoms with Crippen LogP contribution < -0.4 is 0 Å². The molecule has 57 valence electrons. The molecule has 0 saturated heterocycles. The van der Waals surface area contributed by atoms with Crippen molar-refractivity contribution in [3.8, 4) is 0 Å². The summed E-state index contributed by atoms with van der Waals surface area (Å²) in [6, 6.07) is 0. The Kier molecular flexibility index (Phi) is 1.50. The maximum atomic E-state index is 2.23. The van der Waals surface area contributed by atoms with E-state index in [9.17, 15) is 0 Å². The Morgan fingerprint density at radius 3 is 2.45 bits per heavy atom. The van der Waals surface area contributed by atoms with Crippen molar-refractivity contribution >= 4 is 11.8 Å². The fourth-order valence-electron chi connectivity index (χ4n) is 1.68. The van der Waals surface area contributed by atoms with Gasteiger partial charge >= 0.3 is 0 Å². The minimum absolute atomic E-state index is 1.42. The molecule has 1 aliphatic carbocycles. The third kappa shape index (κ3) is 0.908. The Balaban J connectivity index is 2.49. The van der Waals surface area contributed by atoms with Crippen LogP contribution in [0.15, 0.2) is 33.8 Å². The molecule has 1 heteroatoms. The molecule has 11 heavy (non-hydrogen) atoms. The summed E-state index contributed by atoms with van der Waals surface area (Å²) in [6.07, 6.45) is 4.43. The van der Waals surface area contributed by atoms with Crippen LogP contribution in [0.5, 0.6) is 0 Å². The molecule has 0 bridgehead atoms. The Bertz CT molecular complexity index is 289. The molecule has 0 saturated carbocycles. The second kappa shape index (κ2) is 2.28. The summed E-state index contributed by atoms with van der Waals surface area (Å²) in [7, 11) is 0. The summed E-state index contributed by atoms with van der Waals surface area (Å²) < 4.78 is 0. The topological polar surface area (TPSA) is 0 Å². The van der Waals surface area contributed by atoms with Gasteiger partial charge in [0.1, 0.15) is 0 Å². The van der Waals surface area contributed by atoms with Crippen molar-refractivity contribution in [1.82, 2.24) is 0 Å². The lowest BCUT2D eigenvalue weighted by atomic mass is 10.0. The Labute approximate surface area is 72.1 Å². The van der Waals surface area contributed by atoms with Crippen LogP contribution in [0.25, 0.3) is 0 Å². The third-order valence-electron chi connectivity index (χ3n) is 2.20. The second-order valence-corrected chi connectivity index (χ2v) is 4.45. The van der Waals surface area contributed by atoms with Gasteiger partial charge in [0, 0.05) is 0 Å². The summed E-state index contributed by atoms with van der Waals surface area (Å²) in [5, 5.41) is 1.45. The lowest BCUT2D eigenvalue weighted by molar-refractivity contribution is 1.33. The van der Waals surface area contributed by atoms with Crippen LogP contribution in [0.1, 0.15) is 20.8 Å². The van der Waals surface area contributed by atoms with Crippen molar-refractivity contribution in [2.24, 2.45) is 0 Å². The van der Waals surface area contributed by atoms with Gasteiger partial charge in [-0.05, 0) is 42.4 Å². The third-order valence-corrected chi connectivity index (χ3v) is 3.24. The molecule has 0 nitrogen and oxygen atoms in total. The number of hydrogen-bond acceptors (Lipinski definition) is 1. The first-order chi connectivity index (χ1) is 5.20. The molecule has 0 spiro atoms. The van der Waals surface area contributed by atoms with E-state index in [2.05, 4.69) is 32.9 Å². The number of thioether (sulfide) groups is 1. The highest BCUT2D eigenvalue weighted by atomic mass is 32.2. The highest BCUT2D eigenvalue weighted by Crippen LogP contribution is 2.50. The van der Waals surface area contributed by atoms with Crippen LogP contribution in [-0.2, 0) is 0 Å². The lowest BCUT2D eigenvalue weighted by Crippen LogP contribution is -1.85. The Hall–Kier alpha value is -0.430. The standard InChI is InChI=1S/C10H11S/c1-6-4-5-9-7(2)11-8(3)10(6)9/h4-5H,1-3H3.